The smallest absolute Gasteiger partial charge is 0.252 e. The summed E-state index contributed by atoms with van der Waals surface area (Å²) in [6.07, 6.45) is 3.60. The van der Waals surface area contributed by atoms with Gasteiger partial charge in [0.25, 0.3) is 5.91 Å². The van der Waals surface area contributed by atoms with Crippen molar-refractivity contribution in [3.8, 4) is 0 Å². The molecule has 1 aromatic heterocycles. The molecule has 2 aromatic rings. The fraction of sp³-hybridized carbons (Fsp3) is 0.167. The van der Waals surface area contributed by atoms with Crippen molar-refractivity contribution >= 4 is 44.4 Å². The Hall–Kier alpha value is -0.890. The van der Waals surface area contributed by atoms with E-state index in [4.69, 9.17) is 0 Å². The molecule has 0 aliphatic rings. The van der Waals surface area contributed by atoms with Gasteiger partial charge < -0.3 is 5.32 Å². The van der Waals surface area contributed by atoms with Crippen LogP contribution in [0.1, 0.15) is 10.4 Å². The molecule has 0 saturated carbocycles. The Morgan fingerprint density at radius 2 is 2.22 bits per heavy atom. The van der Waals surface area contributed by atoms with E-state index in [1.54, 1.807) is 10.9 Å². The molecule has 6 heteroatoms. The van der Waals surface area contributed by atoms with E-state index in [0.717, 1.165) is 8.04 Å². The zero-order chi connectivity index (χ0) is 13.0. The van der Waals surface area contributed by atoms with Crippen LogP contribution in [0.15, 0.2) is 41.1 Å². The van der Waals surface area contributed by atoms with E-state index in [2.05, 4.69) is 48.9 Å². The van der Waals surface area contributed by atoms with Crippen molar-refractivity contribution in [2.24, 2.45) is 0 Å². The van der Waals surface area contributed by atoms with E-state index in [9.17, 15) is 4.79 Å². The molecule has 0 aliphatic carbocycles. The number of halogens is 2. The monoisotopic (exact) mass is 419 g/mol. The average molecular weight is 420 g/mol. The highest BCUT2D eigenvalue weighted by Gasteiger charge is 2.07. The molecule has 0 unspecified atom stereocenters. The molecule has 1 heterocycles. The van der Waals surface area contributed by atoms with Gasteiger partial charge in [0.15, 0.2) is 0 Å². The van der Waals surface area contributed by atoms with Crippen molar-refractivity contribution in [2.45, 2.75) is 6.54 Å². The van der Waals surface area contributed by atoms with Crippen LogP contribution in [0, 0.1) is 3.57 Å². The third-order valence-electron chi connectivity index (χ3n) is 2.35. The Morgan fingerprint density at radius 1 is 1.44 bits per heavy atom. The molecular formula is C12H11BrIN3O. The number of aromatic nitrogens is 2. The Kier molecular flexibility index (Phi) is 4.76. The molecule has 0 radical (unpaired) electrons. The predicted molar refractivity (Wildman–Crippen MR) is 81.4 cm³/mol. The fourth-order valence-corrected chi connectivity index (χ4v) is 2.45. The van der Waals surface area contributed by atoms with Crippen LogP contribution in [0.5, 0.6) is 0 Å². The van der Waals surface area contributed by atoms with Crippen molar-refractivity contribution < 1.29 is 4.79 Å². The Labute approximate surface area is 127 Å². The highest BCUT2D eigenvalue weighted by atomic mass is 127. The van der Waals surface area contributed by atoms with Gasteiger partial charge in [-0.25, -0.2) is 0 Å². The SMILES string of the molecule is O=C(NCCn1cc(Br)cn1)c1ccccc1I. The van der Waals surface area contributed by atoms with E-state index in [1.165, 1.54) is 0 Å². The lowest BCUT2D eigenvalue weighted by Crippen LogP contribution is -2.27. The van der Waals surface area contributed by atoms with E-state index in [-0.39, 0.29) is 5.91 Å². The molecule has 4 nitrogen and oxygen atoms in total. The van der Waals surface area contributed by atoms with Gasteiger partial charge in [0.1, 0.15) is 0 Å². The molecule has 2 rings (SSSR count). The first kappa shape index (κ1) is 13.5. The summed E-state index contributed by atoms with van der Waals surface area (Å²) in [7, 11) is 0. The number of nitrogens with zero attached hydrogens (tertiary/aromatic N) is 2. The third-order valence-corrected chi connectivity index (χ3v) is 3.70. The van der Waals surface area contributed by atoms with Gasteiger partial charge >= 0.3 is 0 Å². The summed E-state index contributed by atoms with van der Waals surface area (Å²) in [4.78, 5) is 11.9. The van der Waals surface area contributed by atoms with Crippen LogP contribution in [0.25, 0.3) is 0 Å². The van der Waals surface area contributed by atoms with Crippen LogP contribution in [-0.2, 0) is 6.54 Å². The molecule has 0 saturated heterocycles. The average Bonchev–Trinajstić information content (AvgIpc) is 2.75. The van der Waals surface area contributed by atoms with E-state index < -0.39 is 0 Å². The second-order valence-electron chi connectivity index (χ2n) is 3.66. The number of carbonyl (C=O) groups excluding carboxylic acids is 1. The van der Waals surface area contributed by atoms with Crippen molar-refractivity contribution in [1.29, 1.82) is 0 Å². The van der Waals surface area contributed by atoms with Gasteiger partial charge in [-0.05, 0) is 50.7 Å². The first-order valence-electron chi connectivity index (χ1n) is 5.37. The highest BCUT2D eigenvalue weighted by Crippen LogP contribution is 2.11. The van der Waals surface area contributed by atoms with Crippen molar-refractivity contribution in [3.63, 3.8) is 0 Å². The van der Waals surface area contributed by atoms with Gasteiger partial charge in [-0.3, -0.25) is 9.48 Å². The third kappa shape index (κ3) is 3.55. The standard InChI is InChI=1S/C12H11BrIN3O/c13-9-7-16-17(8-9)6-5-15-12(18)10-3-1-2-4-11(10)14/h1-4,7-8H,5-6H2,(H,15,18). The number of hydrogen-bond acceptors (Lipinski definition) is 2. The Bertz CT molecular complexity index is 556. The molecule has 18 heavy (non-hydrogen) atoms. The maximum Gasteiger partial charge on any atom is 0.252 e. The minimum Gasteiger partial charge on any atom is -0.350 e. The molecule has 0 spiro atoms. The van der Waals surface area contributed by atoms with E-state index in [0.29, 0.717) is 18.7 Å². The van der Waals surface area contributed by atoms with Crippen LogP contribution in [0.4, 0.5) is 0 Å². The predicted octanol–water partition coefficient (Wildman–Crippen LogP) is 2.68. The number of rotatable bonds is 4. The quantitative estimate of drug-likeness (QED) is 0.774. The number of carbonyl (C=O) groups is 1. The molecule has 0 bridgehead atoms. The topological polar surface area (TPSA) is 46.9 Å². The molecule has 94 valence electrons. The second-order valence-corrected chi connectivity index (χ2v) is 5.74. The molecule has 0 fully saturated rings. The van der Waals surface area contributed by atoms with Gasteiger partial charge in [0.05, 0.1) is 22.8 Å². The zero-order valence-corrected chi connectivity index (χ0v) is 13.2. The Balaban J connectivity index is 1.87. The normalized spacial score (nSPS) is 10.3. The first-order valence-corrected chi connectivity index (χ1v) is 7.24. The van der Waals surface area contributed by atoms with Crippen molar-refractivity contribution in [2.75, 3.05) is 6.54 Å². The van der Waals surface area contributed by atoms with Gasteiger partial charge in [-0.15, -0.1) is 0 Å². The van der Waals surface area contributed by atoms with Gasteiger partial charge in [-0.2, -0.15) is 5.10 Å². The Morgan fingerprint density at radius 3 is 2.89 bits per heavy atom. The maximum atomic E-state index is 11.9. The van der Waals surface area contributed by atoms with Crippen molar-refractivity contribution in [3.05, 3.63) is 50.3 Å². The van der Waals surface area contributed by atoms with Gasteiger partial charge in [0, 0.05) is 16.3 Å². The maximum absolute atomic E-state index is 11.9. The van der Waals surface area contributed by atoms with Crippen LogP contribution < -0.4 is 5.32 Å². The van der Waals surface area contributed by atoms with Crippen LogP contribution >= 0.6 is 38.5 Å². The lowest BCUT2D eigenvalue weighted by atomic mass is 10.2. The lowest BCUT2D eigenvalue weighted by molar-refractivity contribution is 0.0951. The molecule has 1 amide bonds. The molecule has 0 atom stereocenters. The van der Waals surface area contributed by atoms with E-state index >= 15 is 0 Å². The minimum absolute atomic E-state index is 0.0498. The number of hydrogen-bond donors (Lipinski definition) is 1. The molecule has 1 aromatic carbocycles. The minimum atomic E-state index is -0.0498. The van der Waals surface area contributed by atoms with Gasteiger partial charge in [0.2, 0.25) is 0 Å². The summed E-state index contributed by atoms with van der Waals surface area (Å²) in [6.45, 7) is 1.21. The van der Waals surface area contributed by atoms with Crippen LogP contribution in [-0.4, -0.2) is 22.2 Å². The number of benzene rings is 1. The summed E-state index contributed by atoms with van der Waals surface area (Å²) >= 11 is 5.49. The molecular weight excluding hydrogens is 409 g/mol. The number of amides is 1. The summed E-state index contributed by atoms with van der Waals surface area (Å²) in [5.74, 6) is -0.0498. The second kappa shape index (κ2) is 6.33. The summed E-state index contributed by atoms with van der Waals surface area (Å²) in [5, 5.41) is 7.00. The van der Waals surface area contributed by atoms with Crippen LogP contribution in [0.3, 0.4) is 0 Å². The summed E-state index contributed by atoms with van der Waals surface area (Å²) in [5.41, 5.74) is 0.708. The van der Waals surface area contributed by atoms with Gasteiger partial charge in [-0.1, -0.05) is 12.1 Å². The largest absolute Gasteiger partial charge is 0.350 e. The molecule has 1 N–H and O–H groups in total. The first-order chi connectivity index (χ1) is 8.66. The highest BCUT2D eigenvalue weighted by molar-refractivity contribution is 14.1. The number of nitrogens with one attached hydrogen (secondary N) is 1. The van der Waals surface area contributed by atoms with E-state index in [1.807, 2.05) is 30.5 Å². The van der Waals surface area contributed by atoms with Crippen LogP contribution in [0.2, 0.25) is 0 Å². The fourth-order valence-electron chi connectivity index (χ4n) is 1.49. The zero-order valence-electron chi connectivity index (χ0n) is 9.44. The van der Waals surface area contributed by atoms with Crippen molar-refractivity contribution in [1.82, 2.24) is 15.1 Å². The molecule has 0 aliphatic heterocycles. The summed E-state index contributed by atoms with van der Waals surface area (Å²) < 4.78 is 3.67. The summed E-state index contributed by atoms with van der Waals surface area (Å²) in [6, 6.07) is 7.52. The lowest BCUT2D eigenvalue weighted by Gasteiger charge is -2.06.